The van der Waals surface area contributed by atoms with Crippen molar-refractivity contribution >= 4 is 0 Å². The van der Waals surface area contributed by atoms with Crippen molar-refractivity contribution in [1.82, 2.24) is 5.32 Å². The summed E-state index contributed by atoms with van der Waals surface area (Å²) < 4.78 is 5.52. The van der Waals surface area contributed by atoms with Gasteiger partial charge >= 0.3 is 0 Å². The second-order valence-electron chi connectivity index (χ2n) is 4.86. The third kappa shape index (κ3) is 2.30. The van der Waals surface area contributed by atoms with E-state index in [4.69, 9.17) is 4.42 Å². The number of aryl methyl sites for hydroxylation is 2. The van der Waals surface area contributed by atoms with Crippen LogP contribution in [0, 0.1) is 13.8 Å². The molecular weight excluding hydrogens is 202 g/mol. The molecule has 0 spiro atoms. The van der Waals surface area contributed by atoms with Crippen molar-refractivity contribution in [3.8, 4) is 0 Å². The highest BCUT2D eigenvalue weighted by Crippen LogP contribution is 2.25. The molecule has 1 aliphatic rings. The minimum absolute atomic E-state index is 0.184. The van der Waals surface area contributed by atoms with Crippen molar-refractivity contribution in [3.63, 3.8) is 0 Å². The SMILES string of the molecule is Cc1cc(C(C)N[C@H]2CCC[C@@H]2O)c(C)o1. The van der Waals surface area contributed by atoms with Crippen molar-refractivity contribution in [1.29, 1.82) is 0 Å². The van der Waals surface area contributed by atoms with E-state index in [1.807, 2.05) is 13.8 Å². The summed E-state index contributed by atoms with van der Waals surface area (Å²) in [6.07, 6.45) is 2.93. The number of rotatable bonds is 3. The second kappa shape index (κ2) is 4.60. The molecule has 0 radical (unpaired) electrons. The molecule has 0 saturated heterocycles. The van der Waals surface area contributed by atoms with Crippen LogP contribution in [0.5, 0.6) is 0 Å². The third-order valence-corrected chi connectivity index (χ3v) is 3.49. The second-order valence-corrected chi connectivity index (χ2v) is 4.86. The van der Waals surface area contributed by atoms with Crippen LogP contribution >= 0.6 is 0 Å². The zero-order chi connectivity index (χ0) is 11.7. The maximum absolute atomic E-state index is 9.77. The van der Waals surface area contributed by atoms with Gasteiger partial charge in [0.15, 0.2) is 0 Å². The van der Waals surface area contributed by atoms with E-state index in [0.29, 0.717) is 0 Å². The molecule has 1 saturated carbocycles. The average molecular weight is 223 g/mol. The Balaban J connectivity index is 2.02. The molecule has 16 heavy (non-hydrogen) atoms. The number of aliphatic hydroxyl groups is 1. The van der Waals surface area contributed by atoms with E-state index in [1.165, 1.54) is 5.56 Å². The van der Waals surface area contributed by atoms with Crippen molar-refractivity contribution in [2.75, 3.05) is 0 Å². The van der Waals surface area contributed by atoms with Gasteiger partial charge in [-0.3, -0.25) is 0 Å². The first kappa shape index (κ1) is 11.7. The van der Waals surface area contributed by atoms with Gasteiger partial charge in [0, 0.05) is 17.6 Å². The van der Waals surface area contributed by atoms with E-state index in [9.17, 15) is 5.11 Å². The van der Waals surface area contributed by atoms with E-state index in [1.54, 1.807) is 0 Å². The zero-order valence-corrected chi connectivity index (χ0v) is 10.3. The van der Waals surface area contributed by atoms with E-state index in [2.05, 4.69) is 18.3 Å². The topological polar surface area (TPSA) is 45.4 Å². The van der Waals surface area contributed by atoms with E-state index in [-0.39, 0.29) is 18.2 Å². The summed E-state index contributed by atoms with van der Waals surface area (Å²) >= 11 is 0. The summed E-state index contributed by atoms with van der Waals surface area (Å²) in [7, 11) is 0. The minimum atomic E-state index is -0.184. The quantitative estimate of drug-likeness (QED) is 0.827. The molecule has 1 unspecified atom stereocenters. The van der Waals surface area contributed by atoms with E-state index >= 15 is 0 Å². The third-order valence-electron chi connectivity index (χ3n) is 3.49. The van der Waals surface area contributed by atoms with Crippen LogP contribution in [0.1, 0.15) is 49.3 Å². The molecule has 1 aromatic heterocycles. The van der Waals surface area contributed by atoms with Crippen molar-refractivity contribution < 1.29 is 9.52 Å². The summed E-state index contributed by atoms with van der Waals surface area (Å²) in [6.45, 7) is 6.08. The molecule has 1 aromatic rings. The van der Waals surface area contributed by atoms with Crippen molar-refractivity contribution in [2.45, 2.75) is 58.2 Å². The van der Waals surface area contributed by atoms with Gasteiger partial charge in [0.2, 0.25) is 0 Å². The highest BCUT2D eigenvalue weighted by Gasteiger charge is 2.27. The van der Waals surface area contributed by atoms with Gasteiger partial charge < -0.3 is 14.8 Å². The van der Waals surface area contributed by atoms with Gasteiger partial charge in [-0.2, -0.15) is 0 Å². The zero-order valence-electron chi connectivity index (χ0n) is 10.3. The van der Waals surface area contributed by atoms with E-state index < -0.39 is 0 Å². The molecule has 1 aliphatic carbocycles. The number of aliphatic hydroxyl groups excluding tert-OH is 1. The van der Waals surface area contributed by atoms with Gasteiger partial charge in [-0.05, 0) is 46.1 Å². The molecule has 0 amide bonds. The number of hydrogen-bond donors (Lipinski definition) is 2. The van der Waals surface area contributed by atoms with Crippen LogP contribution in [0.4, 0.5) is 0 Å². The highest BCUT2D eigenvalue weighted by atomic mass is 16.3. The maximum Gasteiger partial charge on any atom is 0.105 e. The Kier molecular flexibility index (Phi) is 3.36. The minimum Gasteiger partial charge on any atom is -0.466 e. The Morgan fingerprint density at radius 3 is 2.69 bits per heavy atom. The molecule has 2 rings (SSSR count). The standard InChI is InChI=1S/C13H21NO2/c1-8-7-11(10(3)16-8)9(2)14-12-5-4-6-13(12)15/h7,9,12-15H,4-6H2,1-3H3/t9?,12-,13-/m0/s1. The lowest BCUT2D eigenvalue weighted by Crippen LogP contribution is -2.37. The Morgan fingerprint density at radius 1 is 1.44 bits per heavy atom. The van der Waals surface area contributed by atoms with Crippen molar-refractivity contribution in [2.24, 2.45) is 0 Å². The number of furan rings is 1. The summed E-state index contributed by atoms with van der Waals surface area (Å²) in [5, 5.41) is 13.3. The molecule has 3 atom stereocenters. The number of nitrogens with one attached hydrogen (secondary N) is 1. The van der Waals surface area contributed by atoms with Crippen LogP contribution in [0.25, 0.3) is 0 Å². The first-order chi connectivity index (χ1) is 7.58. The molecule has 1 fully saturated rings. The average Bonchev–Trinajstić information content (AvgIpc) is 2.74. The van der Waals surface area contributed by atoms with Crippen LogP contribution in [0.3, 0.4) is 0 Å². The molecule has 1 heterocycles. The molecule has 0 aromatic carbocycles. The Bertz CT molecular complexity index is 359. The molecular formula is C13H21NO2. The van der Waals surface area contributed by atoms with Crippen LogP contribution in [0.15, 0.2) is 10.5 Å². The predicted octanol–water partition coefficient (Wildman–Crippen LogP) is 2.46. The first-order valence-corrected chi connectivity index (χ1v) is 6.09. The van der Waals surface area contributed by atoms with Gasteiger partial charge in [-0.25, -0.2) is 0 Å². The van der Waals surface area contributed by atoms with Crippen LogP contribution in [-0.4, -0.2) is 17.3 Å². The van der Waals surface area contributed by atoms with Gasteiger partial charge in [0.1, 0.15) is 11.5 Å². The maximum atomic E-state index is 9.77. The van der Waals surface area contributed by atoms with Gasteiger partial charge in [-0.1, -0.05) is 0 Å². The smallest absolute Gasteiger partial charge is 0.105 e. The van der Waals surface area contributed by atoms with Crippen LogP contribution < -0.4 is 5.32 Å². The fourth-order valence-electron chi connectivity index (χ4n) is 2.63. The lowest BCUT2D eigenvalue weighted by molar-refractivity contribution is 0.144. The normalized spacial score (nSPS) is 27.2. The summed E-state index contributed by atoms with van der Waals surface area (Å²) in [6, 6.07) is 2.56. The summed E-state index contributed by atoms with van der Waals surface area (Å²) in [5.74, 6) is 1.93. The molecule has 2 N–H and O–H groups in total. The van der Waals surface area contributed by atoms with Crippen LogP contribution in [-0.2, 0) is 0 Å². The number of hydrogen-bond acceptors (Lipinski definition) is 3. The van der Waals surface area contributed by atoms with Gasteiger partial charge in [0.25, 0.3) is 0 Å². The fraction of sp³-hybridized carbons (Fsp3) is 0.692. The monoisotopic (exact) mass is 223 g/mol. The first-order valence-electron chi connectivity index (χ1n) is 6.09. The highest BCUT2D eigenvalue weighted by molar-refractivity contribution is 5.23. The molecule has 90 valence electrons. The van der Waals surface area contributed by atoms with Crippen LogP contribution in [0.2, 0.25) is 0 Å². The Hall–Kier alpha value is -0.800. The largest absolute Gasteiger partial charge is 0.466 e. The predicted molar refractivity (Wildman–Crippen MR) is 63.4 cm³/mol. The lowest BCUT2D eigenvalue weighted by Gasteiger charge is -2.21. The molecule has 3 nitrogen and oxygen atoms in total. The Morgan fingerprint density at radius 2 is 2.19 bits per heavy atom. The Labute approximate surface area is 96.8 Å². The van der Waals surface area contributed by atoms with Gasteiger partial charge in [-0.15, -0.1) is 0 Å². The molecule has 3 heteroatoms. The summed E-state index contributed by atoms with van der Waals surface area (Å²) in [5.41, 5.74) is 1.21. The fourth-order valence-corrected chi connectivity index (χ4v) is 2.63. The summed E-state index contributed by atoms with van der Waals surface area (Å²) in [4.78, 5) is 0. The molecule has 0 aliphatic heterocycles. The van der Waals surface area contributed by atoms with Gasteiger partial charge in [0.05, 0.1) is 6.10 Å². The molecule has 0 bridgehead atoms. The van der Waals surface area contributed by atoms with Crippen molar-refractivity contribution in [3.05, 3.63) is 23.2 Å². The van der Waals surface area contributed by atoms with E-state index in [0.717, 1.165) is 30.8 Å². The lowest BCUT2D eigenvalue weighted by atomic mass is 10.1.